The maximum absolute atomic E-state index is 13.8. The van der Waals surface area contributed by atoms with Gasteiger partial charge in [0, 0.05) is 19.7 Å². The van der Waals surface area contributed by atoms with E-state index in [1.165, 1.54) is 57.6 Å². The molecule has 0 aromatic heterocycles. The van der Waals surface area contributed by atoms with Crippen molar-refractivity contribution in [2.75, 3.05) is 21.2 Å². The van der Waals surface area contributed by atoms with Crippen molar-refractivity contribution in [3.8, 4) is 5.75 Å². The monoisotopic (exact) mass is 380 g/mol. The van der Waals surface area contributed by atoms with Crippen LogP contribution in [0.3, 0.4) is 0 Å². The van der Waals surface area contributed by atoms with Crippen LogP contribution in [0.5, 0.6) is 5.75 Å². The van der Waals surface area contributed by atoms with E-state index in [0.717, 1.165) is 4.31 Å². The summed E-state index contributed by atoms with van der Waals surface area (Å²) in [6, 6.07) is 9.71. The number of halogens is 1. The first kappa shape index (κ1) is 19.9. The van der Waals surface area contributed by atoms with Crippen LogP contribution in [-0.4, -0.2) is 39.8 Å². The average Bonchev–Trinajstić information content (AvgIpc) is 2.61. The molecule has 140 valence electrons. The molecule has 0 aliphatic carbocycles. The molecule has 0 aliphatic rings. The fourth-order valence-electron chi connectivity index (χ4n) is 2.32. The third kappa shape index (κ3) is 4.20. The van der Waals surface area contributed by atoms with Crippen molar-refractivity contribution in [1.82, 2.24) is 9.62 Å². The summed E-state index contributed by atoms with van der Waals surface area (Å²) in [5, 5.41) is 2.73. The third-order valence-corrected chi connectivity index (χ3v) is 5.71. The number of carbonyl (C=O) groups is 1. The highest BCUT2D eigenvalue weighted by Gasteiger charge is 2.19. The van der Waals surface area contributed by atoms with Gasteiger partial charge in [-0.1, -0.05) is 12.1 Å². The zero-order chi connectivity index (χ0) is 19.5. The van der Waals surface area contributed by atoms with Crippen LogP contribution in [0, 0.1) is 5.82 Å². The van der Waals surface area contributed by atoms with Gasteiger partial charge >= 0.3 is 0 Å². The Hall–Kier alpha value is -2.45. The number of hydrogen-bond acceptors (Lipinski definition) is 4. The van der Waals surface area contributed by atoms with Gasteiger partial charge in [0.1, 0.15) is 0 Å². The average molecular weight is 380 g/mol. The lowest BCUT2D eigenvalue weighted by molar-refractivity contribution is 0.0939. The van der Waals surface area contributed by atoms with Gasteiger partial charge in [0.15, 0.2) is 11.6 Å². The largest absolute Gasteiger partial charge is 0.494 e. The summed E-state index contributed by atoms with van der Waals surface area (Å²) in [6.07, 6.45) is 0. The normalized spacial score (nSPS) is 12.7. The van der Waals surface area contributed by atoms with Gasteiger partial charge in [0.25, 0.3) is 5.91 Å². The second-order valence-corrected chi connectivity index (χ2v) is 8.06. The van der Waals surface area contributed by atoms with Gasteiger partial charge in [-0.3, -0.25) is 4.79 Å². The highest BCUT2D eigenvalue weighted by molar-refractivity contribution is 7.89. The van der Waals surface area contributed by atoms with Gasteiger partial charge in [0.05, 0.1) is 18.0 Å². The lowest BCUT2D eigenvalue weighted by Crippen LogP contribution is -2.27. The smallest absolute Gasteiger partial charge is 0.251 e. The summed E-state index contributed by atoms with van der Waals surface area (Å²) in [7, 11) is 0.574. The van der Waals surface area contributed by atoms with Crippen LogP contribution < -0.4 is 10.1 Å². The molecule has 2 rings (SSSR count). The molecule has 8 heteroatoms. The van der Waals surface area contributed by atoms with Crippen molar-refractivity contribution in [3.05, 3.63) is 59.4 Å². The fraction of sp³-hybridized carbons (Fsp3) is 0.278. The second-order valence-electron chi connectivity index (χ2n) is 5.90. The van der Waals surface area contributed by atoms with Crippen LogP contribution in [-0.2, 0) is 10.0 Å². The number of hydrogen-bond donors (Lipinski definition) is 1. The van der Waals surface area contributed by atoms with Crippen molar-refractivity contribution in [2.24, 2.45) is 0 Å². The highest BCUT2D eigenvalue weighted by atomic mass is 32.2. The van der Waals surface area contributed by atoms with Crippen LogP contribution in [0.25, 0.3) is 0 Å². The van der Waals surface area contributed by atoms with Crippen LogP contribution in [0.15, 0.2) is 47.4 Å². The summed E-state index contributed by atoms with van der Waals surface area (Å²) in [4.78, 5) is 12.5. The molecule has 0 fully saturated rings. The molecule has 1 amide bonds. The molecular weight excluding hydrogens is 359 g/mol. The Kier molecular flexibility index (Phi) is 5.99. The Bertz CT molecular complexity index is 913. The zero-order valence-electron chi connectivity index (χ0n) is 15.0. The van der Waals surface area contributed by atoms with Crippen LogP contribution >= 0.6 is 0 Å². The third-order valence-electron chi connectivity index (χ3n) is 3.90. The van der Waals surface area contributed by atoms with Gasteiger partial charge in [-0.15, -0.1) is 0 Å². The molecule has 0 bridgehead atoms. The van der Waals surface area contributed by atoms with Crippen LogP contribution in [0.2, 0.25) is 0 Å². The lowest BCUT2D eigenvalue weighted by Gasteiger charge is -2.16. The van der Waals surface area contributed by atoms with E-state index in [9.17, 15) is 17.6 Å². The Morgan fingerprint density at radius 2 is 1.88 bits per heavy atom. The SMILES string of the molecule is COc1ccc([C@H](C)NC(=O)c2cccc(S(=O)(=O)N(C)C)c2)cc1F. The first-order valence-corrected chi connectivity index (χ1v) is 9.27. The molecule has 1 N–H and O–H groups in total. The summed E-state index contributed by atoms with van der Waals surface area (Å²) >= 11 is 0. The summed E-state index contributed by atoms with van der Waals surface area (Å²) in [5.41, 5.74) is 0.766. The lowest BCUT2D eigenvalue weighted by atomic mass is 10.1. The Balaban J connectivity index is 2.21. The molecule has 0 unspecified atom stereocenters. The molecule has 0 saturated heterocycles. The van der Waals surface area contributed by atoms with Gasteiger partial charge in [0.2, 0.25) is 10.0 Å². The second kappa shape index (κ2) is 7.84. The number of nitrogens with one attached hydrogen (secondary N) is 1. The van der Waals surface area contributed by atoms with Gasteiger partial charge < -0.3 is 10.1 Å². The van der Waals surface area contributed by atoms with E-state index in [1.807, 2.05) is 0 Å². The minimum atomic E-state index is -3.64. The zero-order valence-corrected chi connectivity index (χ0v) is 15.8. The quantitative estimate of drug-likeness (QED) is 0.836. The predicted octanol–water partition coefficient (Wildman–Crippen LogP) is 2.58. The predicted molar refractivity (Wildman–Crippen MR) is 96.1 cm³/mol. The van der Waals surface area contributed by atoms with E-state index >= 15 is 0 Å². The molecule has 26 heavy (non-hydrogen) atoms. The van der Waals surface area contributed by atoms with Crippen molar-refractivity contribution >= 4 is 15.9 Å². The maximum atomic E-state index is 13.8. The number of methoxy groups -OCH3 is 1. The van der Waals surface area contributed by atoms with E-state index in [4.69, 9.17) is 4.74 Å². The number of ether oxygens (including phenoxy) is 1. The van der Waals surface area contributed by atoms with Crippen LogP contribution in [0.1, 0.15) is 28.9 Å². The first-order valence-electron chi connectivity index (χ1n) is 7.83. The van der Waals surface area contributed by atoms with Crippen molar-refractivity contribution in [3.63, 3.8) is 0 Å². The molecule has 2 aromatic rings. The Morgan fingerprint density at radius 3 is 2.46 bits per heavy atom. The van der Waals surface area contributed by atoms with E-state index in [1.54, 1.807) is 13.0 Å². The molecule has 6 nitrogen and oxygen atoms in total. The summed E-state index contributed by atoms with van der Waals surface area (Å²) in [6.45, 7) is 1.71. The number of amides is 1. The molecule has 1 atom stereocenters. The fourth-order valence-corrected chi connectivity index (χ4v) is 3.27. The summed E-state index contributed by atoms with van der Waals surface area (Å²) in [5.74, 6) is -0.858. The topological polar surface area (TPSA) is 75.7 Å². The molecule has 0 radical (unpaired) electrons. The van der Waals surface area contributed by atoms with Crippen LogP contribution in [0.4, 0.5) is 4.39 Å². The molecule has 2 aromatic carbocycles. The van der Waals surface area contributed by atoms with Gasteiger partial charge in [-0.05, 0) is 42.8 Å². The minimum Gasteiger partial charge on any atom is -0.494 e. The number of carbonyl (C=O) groups excluding carboxylic acids is 1. The molecule has 0 spiro atoms. The molecule has 0 heterocycles. The van der Waals surface area contributed by atoms with E-state index in [-0.39, 0.29) is 16.2 Å². The van der Waals surface area contributed by atoms with Crippen molar-refractivity contribution in [1.29, 1.82) is 0 Å². The summed E-state index contributed by atoms with van der Waals surface area (Å²) < 4.78 is 44.1. The number of sulfonamides is 1. The first-order chi connectivity index (χ1) is 12.2. The van der Waals surface area contributed by atoms with E-state index in [2.05, 4.69) is 5.32 Å². The number of benzene rings is 2. The van der Waals surface area contributed by atoms with E-state index in [0.29, 0.717) is 5.56 Å². The number of rotatable bonds is 6. The number of nitrogens with zero attached hydrogens (tertiary/aromatic N) is 1. The van der Waals surface area contributed by atoms with Crippen molar-refractivity contribution in [2.45, 2.75) is 17.9 Å². The Morgan fingerprint density at radius 1 is 1.19 bits per heavy atom. The van der Waals surface area contributed by atoms with Crippen molar-refractivity contribution < 1.29 is 22.3 Å². The molecular formula is C18H21FN2O4S. The highest BCUT2D eigenvalue weighted by Crippen LogP contribution is 2.22. The molecule has 0 aliphatic heterocycles. The van der Waals surface area contributed by atoms with E-state index < -0.39 is 27.8 Å². The standard InChI is InChI=1S/C18H21FN2O4S/c1-12(13-8-9-17(25-4)16(19)11-13)20-18(22)14-6-5-7-15(10-14)26(23,24)21(2)3/h5-12H,1-4H3,(H,20,22)/t12-/m0/s1. The maximum Gasteiger partial charge on any atom is 0.251 e. The van der Waals surface area contributed by atoms with Gasteiger partial charge in [-0.25, -0.2) is 17.1 Å². The molecule has 0 saturated carbocycles. The van der Waals surface area contributed by atoms with Gasteiger partial charge in [-0.2, -0.15) is 0 Å². The Labute approximate surface area is 152 Å². The minimum absolute atomic E-state index is 0.0262.